The van der Waals surface area contributed by atoms with Crippen LogP contribution in [-0.2, 0) is 13.2 Å². The molecule has 8 heteroatoms. The summed E-state index contributed by atoms with van der Waals surface area (Å²) in [5.74, 6) is 0.750. The zero-order valence-corrected chi connectivity index (χ0v) is 12.7. The standard InChI is InChI=1S/C15H13ClFN5O/c16-14-7-12(17)5-4-11(14)9-23-13-3-1-2-10(6-13)8-18-15-19-21-22-20-15/h1-7H,8-9H2,(H2,18,19,20,21,22). The third-order valence-corrected chi connectivity index (χ3v) is 3.46. The predicted molar refractivity (Wildman–Crippen MR) is 83.7 cm³/mol. The molecule has 0 atom stereocenters. The van der Waals surface area contributed by atoms with Crippen LogP contribution in [0.15, 0.2) is 42.5 Å². The van der Waals surface area contributed by atoms with Crippen LogP contribution >= 0.6 is 11.6 Å². The van der Waals surface area contributed by atoms with Gasteiger partial charge in [0.2, 0.25) is 0 Å². The number of tetrazole rings is 1. The number of nitrogens with zero attached hydrogens (tertiary/aromatic N) is 3. The molecule has 6 nitrogen and oxygen atoms in total. The quantitative estimate of drug-likeness (QED) is 0.724. The Morgan fingerprint density at radius 3 is 2.91 bits per heavy atom. The lowest BCUT2D eigenvalue weighted by atomic mass is 10.2. The van der Waals surface area contributed by atoms with Gasteiger partial charge in [0, 0.05) is 12.1 Å². The molecule has 0 saturated heterocycles. The molecule has 2 aromatic carbocycles. The Balaban J connectivity index is 1.60. The molecule has 3 rings (SSSR count). The van der Waals surface area contributed by atoms with Gasteiger partial charge in [-0.1, -0.05) is 34.9 Å². The molecule has 0 unspecified atom stereocenters. The molecule has 0 amide bonds. The molecule has 0 aliphatic rings. The summed E-state index contributed by atoms with van der Waals surface area (Å²) in [6, 6.07) is 11.8. The second-order valence-corrected chi connectivity index (χ2v) is 5.17. The van der Waals surface area contributed by atoms with Gasteiger partial charge in [0.15, 0.2) is 0 Å². The highest BCUT2D eigenvalue weighted by Gasteiger charge is 2.04. The van der Waals surface area contributed by atoms with Gasteiger partial charge in [0.05, 0.1) is 5.02 Å². The highest BCUT2D eigenvalue weighted by molar-refractivity contribution is 6.31. The Morgan fingerprint density at radius 2 is 2.13 bits per heavy atom. The maximum absolute atomic E-state index is 13.0. The minimum atomic E-state index is -0.367. The largest absolute Gasteiger partial charge is 0.489 e. The van der Waals surface area contributed by atoms with E-state index in [1.54, 1.807) is 6.07 Å². The molecule has 0 saturated carbocycles. The third-order valence-electron chi connectivity index (χ3n) is 3.10. The molecule has 1 aromatic heterocycles. The van der Waals surface area contributed by atoms with Crippen molar-refractivity contribution in [1.29, 1.82) is 0 Å². The zero-order chi connectivity index (χ0) is 16.1. The Hall–Kier alpha value is -2.67. The van der Waals surface area contributed by atoms with E-state index in [1.165, 1.54) is 12.1 Å². The molecule has 23 heavy (non-hydrogen) atoms. The van der Waals surface area contributed by atoms with E-state index in [0.29, 0.717) is 23.3 Å². The van der Waals surface area contributed by atoms with Crippen LogP contribution in [0.4, 0.5) is 10.3 Å². The van der Waals surface area contributed by atoms with Crippen LogP contribution < -0.4 is 10.1 Å². The van der Waals surface area contributed by atoms with Gasteiger partial charge < -0.3 is 10.1 Å². The average molecular weight is 334 g/mol. The molecular weight excluding hydrogens is 321 g/mol. The fraction of sp³-hybridized carbons (Fsp3) is 0.133. The zero-order valence-electron chi connectivity index (χ0n) is 12.0. The van der Waals surface area contributed by atoms with Crippen LogP contribution in [0.3, 0.4) is 0 Å². The molecule has 0 aliphatic carbocycles. The highest BCUT2D eigenvalue weighted by atomic mass is 35.5. The lowest BCUT2D eigenvalue weighted by molar-refractivity contribution is 0.306. The Bertz CT molecular complexity index is 781. The van der Waals surface area contributed by atoms with Gasteiger partial charge in [-0.2, -0.15) is 5.21 Å². The molecule has 1 heterocycles. The number of hydrogen-bond donors (Lipinski definition) is 2. The Labute approximate surface area is 136 Å². The van der Waals surface area contributed by atoms with Gasteiger partial charge in [0.1, 0.15) is 18.2 Å². The van der Waals surface area contributed by atoms with Crippen LogP contribution in [0.5, 0.6) is 5.75 Å². The first kappa shape index (κ1) is 15.2. The van der Waals surface area contributed by atoms with Crippen LogP contribution in [0.2, 0.25) is 5.02 Å². The Kier molecular flexibility index (Phi) is 4.68. The third kappa shape index (κ3) is 4.17. The summed E-state index contributed by atoms with van der Waals surface area (Å²) in [5, 5.41) is 16.8. The molecule has 0 fully saturated rings. The average Bonchev–Trinajstić information content (AvgIpc) is 3.06. The van der Waals surface area contributed by atoms with Crippen molar-refractivity contribution < 1.29 is 9.13 Å². The fourth-order valence-corrected chi connectivity index (χ4v) is 2.18. The van der Waals surface area contributed by atoms with E-state index < -0.39 is 0 Å². The van der Waals surface area contributed by atoms with Gasteiger partial charge in [-0.3, -0.25) is 0 Å². The summed E-state index contributed by atoms with van der Waals surface area (Å²) in [4.78, 5) is 0. The topological polar surface area (TPSA) is 75.7 Å². The van der Waals surface area contributed by atoms with Crippen molar-refractivity contribution in [1.82, 2.24) is 20.6 Å². The van der Waals surface area contributed by atoms with Crippen LogP contribution in [0, 0.1) is 5.82 Å². The minimum Gasteiger partial charge on any atom is -0.489 e. The van der Waals surface area contributed by atoms with Crippen molar-refractivity contribution in [2.75, 3.05) is 5.32 Å². The molecule has 0 radical (unpaired) electrons. The molecule has 118 valence electrons. The SMILES string of the molecule is Fc1ccc(COc2cccc(CNc3nn[nH]n3)c2)c(Cl)c1. The first-order valence-corrected chi connectivity index (χ1v) is 7.21. The summed E-state index contributed by atoms with van der Waals surface area (Å²) in [5.41, 5.74) is 1.72. The first-order valence-electron chi connectivity index (χ1n) is 6.84. The van der Waals surface area contributed by atoms with Gasteiger partial charge >= 0.3 is 0 Å². The van der Waals surface area contributed by atoms with Gasteiger partial charge in [-0.25, -0.2) is 4.39 Å². The second-order valence-electron chi connectivity index (χ2n) is 4.76. The summed E-state index contributed by atoms with van der Waals surface area (Å²) >= 11 is 5.98. The summed E-state index contributed by atoms with van der Waals surface area (Å²) < 4.78 is 18.7. The second kappa shape index (κ2) is 7.06. The van der Waals surface area contributed by atoms with Crippen LogP contribution in [0.25, 0.3) is 0 Å². The van der Waals surface area contributed by atoms with E-state index in [-0.39, 0.29) is 12.4 Å². The predicted octanol–water partition coefficient (Wildman–Crippen LogP) is 3.18. The molecule has 0 aliphatic heterocycles. The number of rotatable bonds is 6. The number of ether oxygens (including phenoxy) is 1. The Morgan fingerprint density at radius 1 is 1.22 bits per heavy atom. The van der Waals surface area contributed by atoms with Gasteiger partial charge in [0.25, 0.3) is 5.95 Å². The van der Waals surface area contributed by atoms with Gasteiger partial charge in [-0.15, -0.1) is 5.10 Å². The van der Waals surface area contributed by atoms with Crippen molar-refractivity contribution in [3.05, 3.63) is 64.4 Å². The normalized spacial score (nSPS) is 10.5. The van der Waals surface area contributed by atoms with Crippen molar-refractivity contribution in [3.8, 4) is 5.75 Å². The maximum atomic E-state index is 13.0. The molecule has 3 aromatic rings. The number of aromatic nitrogens is 4. The minimum absolute atomic E-state index is 0.265. The van der Waals surface area contributed by atoms with Gasteiger partial charge in [-0.05, 0) is 35.0 Å². The van der Waals surface area contributed by atoms with E-state index in [1.807, 2.05) is 24.3 Å². The lowest BCUT2D eigenvalue weighted by Crippen LogP contribution is -2.02. The highest BCUT2D eigenvalue weighted by Crippen LogP contribution is 2.20. The van der Waals surface area contributed by atoms with E-state index >= 15 is 0 Å². The van der Waals surface area contributed by atoms with Crippen LogP contribution in [0.1, 0.15) is 11.1 Å². The van der Waals surface area contributed by atoms with E-state index in [9.17, 15) is 4.39 Å². The number of halogens is 2. The monoisotopic (exact) mass is 333 g/mol. The van der Waals surface area contributed by atoms with Crippen molar-refractivity contribution >= 4 is 17.5 Å². The number of benzene rings is 2. The first-order chi connectivity index (χ1) is 11.2. The number of hydrogen-bond acceptors (Lipinski definition) is 5. The van der Waals surface area contributed by atoms with E-state index in [4.69, 9.17) is 16.3 Å². The fourth-order valence-electron chi connectivity index (χ4n) is 1.96. The molecule has 2 N–H and O–H groups in total. The molecular formula is C15H13ClFN5O. The summed E-state index contributed by atoms with van der Waals surface area (Å²) in [6.07, 6.45) is 0. The van der Waals surface area contributed by atoms with Crippen LogP contribution in [-0.4, -0.2) is 20.6 Å². The van der Waals surface area contributed by atoms with E-state index in [0.717, 1.165) is 11.1 Å². The van der Waals surface area contributed by atoms with Crippen molar-refractivity contribution in [2.45, 2.75) is 13.2 Å². The molecule has 0 spiro atoms. The van der Waals surface area contributed by atoms with E-state index in [2.05, 4.69) is 25.9 Å². The summed E-state index contributed by atoms with van der Waals surface area (Å²) in [6.45, 7) is 0.800. The number of nitrogens with one attached hydrogen (secondary N) is 2. The smallest absolute Gasteiger partial charge is 0.263 e. The van der Waals surface area contributed by atoms with Crippen molar-refractivity contribution in [3.63, 3.8) is 0 Å². The maximum Gasteiger partial charge on any atom is 0.263 e. The van der Waals surface area contributed by atoms with Crippen molar-refractivity contribution in [2.24, 2.45) is 0 Å². The number of H-pyrrole nitrogens is 1. The lowest BCUT2D eigenvalue weighted by Gasteiger charge is -2.09. The number of aromatic amines is 1. The summed E-state index contributed by atoms with van der Waals surface area (Å²) in [7, 11) is 0. The molecule has 0 bridgehead atoms. The number of anilines is 1.